The third-order valence-corrected chi connectivity index (χ3v) is 7.82. The molecule has 188 valence electrons. The number of rotatable bonds is 7. The third kappa shape index (κ3) is 5.16. The van der Waals surface area contributed by atoms with Crippen LogP contribution in [0.2, 0.25) is 5.02 Å². The number of pyridine rings is 1. The van der Waals surface area contributed by atoms with E-state index in [0.717, 1.165) is 58.5 Å². The minimum atomic E-state index is -0.133. The van der Waals surface area contributed by atoms with Gasteiger partial charge in [-0.2, -0.15) is 5.10 Å². The maximum atomic E-state index is 13.4. The molecule has 1 amide bonds. The van der Waals surface area contributed by atoms with E-state index in [-0.39, 0.29) is 5.91 Å². The van der Waals surface area contributed by atoms with Crippen molar-refractivity contribution in [1.82, 2.24) is 25.4 Å². The van der Waals surface area contributed by atoms with Gasteiger partial charge >= 0.3 is 0 Å². The maximum Gasteiger partial charge on any atom is 0.251 e. The van der Waals surface area contributed by atoms with Crippen molar-refractivity contribution in [2.75, 3.05) is 25.5 Å². The summed E-state index contributed by atoms with van der Waals surface area (Å²) in [5.41, 5.74) is 6.32. The standard InChI is InChI=1S/C27H37ClN6O/c1-7-34(21-10-8-20(9-11-21)33(5)6)25-13-19(28)12-22(16(25)2)27(35)29-14-23-17(3)31-18(4)24-15-30-32-26(23)24/h12-13,15,20-21H,7-11,14H2,1-6H3,(H,29,35)(H,30,32)/t20-,21-. The molecule has 1 fully saturated rings. The second-order valence-corrected chi connectivity index (χ2v) is 10.3. The molecule has 0 atom stereocenters. The van der Waals surface area contributed by atoms with Crippen LogP contribution in [0.3, 0.4) is 0 Å². The predicted molar refractivity (Wildman–Crippen MR) is 143 cm³/mol. The highest BCUT2D eigenvalue weighted by atomic mass is 35.5. The average molecular weight is 497 g/mol. The summed E-state index contributed by atoms with van der Waals surface area (Å²) >= 11 is 6.56. The van der Waals surface area contributed by atoms with Gasteiger partial charge in [-0.25, -0.2) is 0 Å². The van der Waals surface area contributed by atoms with Crippen molar-refractivity contribution in [2.45, 2.75) is 72.0 Å². The summed E-state index contributed by atoms with van der Waals surface area (Å²) in [6, 6.07) is 4.89. The van der Waals surface area contributed by atoms with E-state index >= 15 is 0 Å². The molecule has 0 unspecified atom stereocenters. The molecule has 7 nitrogen and oxygen atoms in total. The fourth-order valence-electron chi connectivity index (χ4n) is 5.54. The van der Waals surface area contributed by atoms with Gasteiger partial charge in [-0.3, -0.25) is 14.9 Å². The summed E-state index contributed by atoms with van der Waals surface area (Å²) in [6.45, 7) is 9.38. The molecule has 0 spiro atoms. The second kappa shape index (κ2) is 10.5. The Morgan fingerprint density at radius 1 is 1.11 bits per heavy atom. The number of hydrogen-bond acceptors (Lipinski definition) is 5. The fraction of sp³-hybridized carbons (Fsp3) is 0.519. The smallest absolute Gasteiger partial charge is 0.251 e. The monoisotopic (exact) mass is 496 g/mol. The fourth-order valence-corrected chi connectivity index (χ4v) is 5.75. The quantitative estimate of drug-likeness (QED) is 0.472. The van der Waals surface area contributed by atoms with Crippen LogP contribution in [0, 0.1) is 20.8 Å². The number of aromatic nitrogens is 3. The van der Waals surface area contributed by atoms with Gasteiger partial charge in [0.2, 0.25) is 0 Å². The van der Waals surface area contributed by atoms with E-state index in [1.165, 1.54) is 12.8 Å². The number of H-pyrrole nitrogens is 1. The molecule has 0 saturated heterocycles. The molecule has 2 aromatic heterocycles. The van der Waals surface area contributed by atoms with Crippen molar-refractivity contribution < 1.29 is 4.79 Å². The Hall–Kier alpha value is -2.64. The Kier molecular flexibility index (Phi) is 7.67. The number of carbonyl (C=O) groups excluding carboxylic acids is 1. The second-order valence-electron chi connectivity index (χ2n) is 9.91. The molecule has 1 saturated carbocycles. The first-order valence-corrected chi connectivity index (χ1v) is 12.9. The maximum absolute atomic E-state index is 13.4. The lowest BCUT2D eigenvalue weighted by Gasteiger charge is -2.40. The lowest BCUT2D eigenvalue weighted by molar-refractivity contribution is 0.0950. The Bertz CT molecular complexity index is 1210. The highest BCUT2D eigenvalue weighted by Gasteiger charge is 2.28. The van der Waals surface area contributed by atoms with E-state index in [2.05, 4.69) is 51.3 Å². The van der Waals surface area contributed by atoms with Gasteiger partial charge in [0.05, 0.1) is 11.7 Å². The van der Waals surface area contributed by atoms with Crippen molar-refractivity contribution in [2.24, 2.45) is 0 Å². The average Bonchev–Trinajstić information content (AvgIpc) is 3.32. The molecule has 4 rings (SSSR count). The lowest BCUT2D eigenvalue weighted by atomic mass is 9.89. The highest BCUT2D eigenvalue weighted by Crippen LogP contribution is 2.34. The van der Waals surface area contributed by atoms with Gasteiger partial charge in [0.15, 0.2) is 0 Å². The molecule has 0 bridgehead atoms. The van der Waals surface area contributed by atoms with E-state index in [9.17, 15) is 4.79 Å². The van der Waals surface area contributed by atoms with Crippen LogP contribution in [0.5, 0.6) is 0 Å². The van der Waals surface area contributed by atoms with Gasteiger partial charge in [-0.05, 0) is 85.2 Å². The molecule has 2 N–H and O–H groups in total. The zero-order chi connectivity index (χ0) is 25.3. The number of halogens is 1. The van der Waals surface area contributed by atoms with Crippen molar-refractivity contribution in [3.05, 3.63) is 51.4 Å². The number of carbonyl (C=O) groups is 1. The summed E-state index contributed by atoms with van der Waals surface area (Å²) in [6.07, 6.45) is 6.44. The first-order valence-electron chi connectivity index (χ1n) is 12.5. The number of fused-ring (bicyclic) bond motifs is 1. The summed E-state index contributed by atoms with van der Waals surface area (Å²) in [5.74, 6) is -0.133. The topological polar surface area (TPSA) is 77.1 Å². The Labute approximate surface area is 213 Å². The number of amides is 1. The van der Waals surface area contributed by atoms with Crippen LogP contribution in [0.1, 0.15) is 65.5 Å². The van der Waals surface area contributed by atoms with Crippen molar-refractivity contribution in [3.63, 3.8) is 0 Å². The minimum absolute atomic E-state index is 0.133. The van der Waals surface area contributed by atoms with Crippen molar-refractivity contribution in [1.29, 1.82) is 0 Å². The highest BCUT2D eigenvalue weighted by molar-refractivity contribution is 6.31. The van der Waals surface area contributed by atoms with Crippen LogP contribution in [-0.4, -0.2) is 58.7 Å². The molecular formula is C27H37ClN6O. The molecule has 35 heavy (non-hydrogen) atoms. The van der Waals surface area contributed by atoms with Gasteiger partial charge < -0.3 is 15.1 Å². The van der Waals surface area contributed by atoms with Crippen LogP contribution < -0.4 is 10.2 Å². The molecule has 0 aliphatic heterocycles. The largest absolute Gasteiger partial charge is 0.369 e. The first kappa shape index (κ1) is 25.5. The number of aromatic amines is 1. The third-order valence-electron chi connectivity index (χ3n) is 7.61. The summed E-state index contributed by atoms with van der Waals surface area (Å²) in [7, 11) is 4.33. The normalized spacial score (nSPS) is 18.3. The van der Waals surface area contributed by atoms with Gasteiger partial charge in [-0.1, -0.05) is 11.6 Å². The SMILES string of the molecule is CCN(c1cc(Cl)cc(C(=O)NCc2c(C)nc(C)c3cn[nH]c23)c1C)[C@H]1CC[C@H](N(C)C)CC1. The Morgan fingerprint density at radius 3 is 2.46 bits per heavy atom. The van der Waals surface area contributed by atoms with Crippen molar-refractivity contribution >= 4 is 34.1 Å². The zero-order valence-corrected chi connectivity index (χ0v) is 22.5. The van der Waals surface area contributed by atoms with Crippen LogP contribution in [0.15, 0.2) is 18.3 Å². The molecule has 8 heteroatoms. The van der Waals surface area contributed by atoms with Crippen LogP contribution >= 0.6 is 11.6 Å². The number of benzene rings is 1. The van der Waals surface area contributed by atoms with Gasteiger partial charge in [0.1, 0.15) is 0 Å². The summed E-state index contributed by atoms with van der Waals surface area (Å²) in [5, 5.41) is 11.9. The summed E-state index contributed by atoms with van der Waals surface area (Å²) in [4.78, 5) is 22.8. The molecule has 1 aliphatic carbocycles. The Morgan fingerprint density at radius 2 is 1.80 bits per heavy atom. The van der Waals surface area contributed by atoms with Crippen molar-refractivity contribution in [3.8, 4) is 0 Å². The lowest BCUT2D eigenvalue weighted by Crippen LogP contribution is -2.42. The molecule has 3 aromatic rings. The van der Waals surface area contributed by atoms with E-state index in [1.54, 1.807) is 12.3 Å². The van der Waals surface area contributed by atoms with E-state index in [0.29, 0.717) is 29.2 Å². The van der Waals surface area contributed by atoms with E-state index in [1.807, 2.05) is 26.8 Å². The minimum Gasteiger partial charge on any atom is -0.369 e. The molecule has 2 heterocycles. The van der Waals surface area contributed by atoms with Crippen LogP contribution in [-0.2, 0) is 6.54 Å². The van der Waals surface area contributed by atoms with Gasteiger partial charge in [0, 0.05) is 63.8 Å². The van der Waals surface area contributed by atoms with Gasteiger partial charge in [-0.15, -0.1) is 0 Å². The van der Waals surface area contributed by atoms with Crippen LogP contribution in [0.25, 0.3) is 10.9 Å². The van der Waals surface area contributed by atoms with Gasteiger partial charge in [0.25, 0.3) is 5.91 Å². The number of hydrogen-bond donors (Lipinski definition) is 2. The number of nitrogens with one attached hydrogen (secondary N) is 2. The predicted octanol–water partition coefficient (Wildman–Crippen LogP) is 5.17. The number of nitrogens with zero attached hydrogens (tertiary/aromatic N) is 4. The molecule has 0 radical (unpaired) electrons. The Balaban J connectivity index is 1.56. The number of aryl methyl sites for hydroxylation is 2. The van der Waals surface area contributed by atoms with Crippen LogP contribution in [0.4, 0.5) is 5.69 Å². The molecule has 1 aromatic carbocycles. The summed E-state index contributed by atoms with van der Waals surface area (Å²) < 4.78 is 0. The van der Waals surface area contributed by atoms with E-state index < -0.39 is 0 Å². The zero-order valence-electron chi connectivity index (χ0n) is 21.7. The molecular weight excluding hydrogens is 460 g/mol. The first-order chi connectivity index (χ1) is 16.7. The van der Waals surface area contributed by atoms with E-state index in [4.69, 9.17) is 11.6 Å². The number of anilines is 1. The molecule has 1 aliphatic rings.